The predicted molar refractivity (Wildman–Crippen MR) is 70.2 cm³/mol. The molecule has 1 N–H and O–H groups in total. The molecule has 0 saturated carbocycles. The van der Waals surface area contributed by atoms with Crippen LogP contribution in [-0.4, -0.2) is 22.2 Å². The van der Waals surface area contributed by atoms with E-state index in [1.54, 1.807) is 17.5 Å². The zero-order valence-electron chi connectivity index (χ0n) is 9.21. The van der Waals surface area contributed by atoms with Gasteiger partial charge in [-0.3, -0.25) is 4.98 Å². The molecule has 0 bridgehead atoms. The first kappa shape index (κ1) is 10.2. The Morgan fingerprint density at radius 1 is 1.12 bits per heavy atom. The van der Waals surface area contributed by atoms with E-state index in [4.69, 9.17) is 0 Å². The summed E-state index contributed by atoms with van der Waals surface area (Å²) in [6, 6.07) is 8.21. The average Bonchev–Trinajstić information content (AvgIpc) is 2.87. The molecule has 0 aliphatic carbocycles. The quantitative estimate of drug-likeness (QED) is 0.750. The Bertz CT molecular complexity index is 662. The van der Waals surface area contributed by atoms with E-state index in [9.17, 15) is 0 Å². The van der Waals surface area contributed by atoms with Gasteiger partial charge in [-0.15, -0.1) is 10.2 Å². The molecule has 0 fully saturated rings. The van der Waals surface area contributed by atoms with E-state index in [2.05, 4.69) is 32.6 Å². The summed E-state index contributed by atoms with van der Waals surface area (Å²) >= 11 is 1.55. The van der Waals surface area contributed by atoms with Crippen LogP contribution in [-0.2, 0) is 0 Å². The second-order valence-corrected chi connectivity index (χ2v) is 4.58. The number of pyridine rings is 1. The first-order valence-corrected chi connectivity index (χ1v) is 6.04. The highest BCUT2D eigenvalue weighted by atomic mass is 32.1. The van der Waals surface area contributed by atoms with Crippen LogP contribution in [0.4, 0.5) is 5.13 Å². The van der Waals surface area contributed by atoms with Crippen LogP contribution in [0.5, 0.6) is 0 Å². The minimum Gasteiger partial charge on any atom is -0.363 e. The molecule has 0 spiro atoms. The third kappa shape index (κ3) is 1.85. The van der Waals surface area contributed by atoms with Crippen molar-refractivity contribution in [3.05, 3.63) is 36.7 Å². The average molecular weight is 242 g/mol. The Hall–Kier alpha value is -2.01. The minimum absolute atomic E-state index is 0.829. The van der Waals surface area contributed by atoms with Gasteiger partial charge in [-0.25, -0.2) is 0 Å². The van der Waals surface area contributed by atoms with E-state index in [1.807, 2.05) is 25.4 Å². The van der Waals surface area contributed by atoms with Gasteiger partial charge in [-0.05, 0) is 17.5 Å². The lowest BCUT2D eigenvalue weighted by molar-refractivity contribution is 1.09. The van der Waals surface area contributed by atoms with Crippen molar-refractivity contribution in [2.75, 3.05) is 12.4 Å². The fraction of sp³-hybridized carbons (Fsp3) is 0.0833. The lowest BCUT2D eigenvalue weighted by atomic mass is 10.1. The summed E-state index contributed by atoms with van der Waals surface area (Å²) in [5.74, 6) is 0. The molecule has 3 aromatic rings. The number of aromatic nitrogens is 3. The Balaban J connectivity index is 2.11. The van der Waals surface area contributed by atoms with Gasteiger partial charge in [-0.2, -0.15) is 0 Å². The molecular weight excluding hydrogens is 232 g/mol. The number of benzene rings is 1. The van der Waals surface area contributed by atoms with Crippen LogP contribution in [0.3, 0.4) is 0 Å². The van der Waals surface area contributed by atoms with E-state index in [1.165, 1.54) is 5.39 Å². The van der Waals surface area contributed by atoms with Crippen molar-refractivity contribution in [3.8, 4) is 10.6 Å². The number of fused-ring (bicyclic) bond motifs is 1. The number of nitrogens with zero attached hydrogens (tertiary/aromatic N) is 3. The molecule has 0 atom stereocenters. The third-order valence-corrected chi connectivity index (χ3v) is 3.52. The van der Waals surface area contributed by atoms with Gasteiger partial charge in [0.25, 0.3) is 0 Å². The molecule has 0 amide bonds. The largest absolute Gasteiger partial charge is 0.363 e. The molecule has 0 saturated heterocycles. The van der Waals surface area contributed by atoms with Crippen molar-refractivity contribution in [1.29, 1.82) is 0 Å². The van der Waals surface area contributed by atoms with Crippen LogP contribution in [0, 0.1) is 0 Å². The topological polar surface area (TPSA) is 50.7 Å². The highest BCUT2D eigenvalue weighted by Gasteiger charge is 2.05. The molecule has 2 aromatic heterocycles. The summed E-state index contributed by atoms with van der Waals surface area (Å²) in [4.78, 5) is 4.10. The van der Waals surface area contributed by atoms with Crippen LogP contribution in [0.1, 0.15) is 0 Å². The van der Waals surface area contributed by atoms with Gasteiger partial charge >= 0.3 is 0 Å². The summed E-state index contributed by atoms with van der Waals surface area (Å²) in [6.07, 6.45) is 3.66. The van der Waals surface area contributed by atoms with Gasteiger partial charge < -0.3 is 5.32 Å². The van der Waals surface area contributed by atoms with E-state index < -0.39 is 0 Å². The molecule has 0 aliphatic heterocycles. The zero-order valence-corrected chi connectivity index (χ0v) is 10.0. The maximum atomic E-state index is 4.15. The molecule has 4 nitrogen and oxygen atoms in total. The standard InChI is InChI=1S/C12H10N4S/c1-13-12-16-15-11(17-12)9-2-3-10-7-14-5-4-8(10)6-9/h2-7H,1H3,(H,13,16). The summed E-state index contributed by atoms with van der Waals surface area (Å²) in [7, 11) is 1.84. The smallest absolute Gasteiger partial charge is 0.205 e. The Labute approximate surface area is 102 Å². The van der Waals surface area contributed by atoms with Crippen LogP contribution in [0.2, 0.25) is 0 Å². The molecule has 0 aliphatic rings. The molecule has 1 aromatic carbocycles. The Morgan fingerprint density at radius 2 is 2.06 bits per heavy atom. The second-order valence-electron chi connectivity index (χ2n) is 3.60. The number of hydrogen-bond donors (Lipinski definition) is 1. The first-order valence-electron chi connectivity index (χ1n) is 5.22. The fourth-order valence-corrected chi connectivity index (χ4v) is 2.35. The van der Waals surface area contributed by atoms with Crippen molar-refractivity contribution in [1.82, 2.24) is 15.2 Å². The number of anilines is 1. The monoisotopic (exact) mass is 242 g/mol. The number of nitrogens with one attached hydrogen (secondary N) is 1. The molecule has 2 heterocycles. The molecule has 5 heteroatoms. The lowest BCUT2D eigenvalue weighted by Gasteiger charge is -1.99. The van der Waals surface area contributed by atoms with Crippen molar-refractivity contribution in [3.63, 3.8) is 0 Å². The van der Waals surface area contributed by atoms with Gasteiger partial charge in [0.2, 0.25) is 5.13 Å². The van der Waals surface area contributed by atoms with E-state index in [0.29, 0.717) is 0 Å². The van der Waals surface area contributed by atoms with Gasteiger partial charge in [0.05, 0.1) is 0 Å². The SMILES string of the molecule is CNc1nnc(-c2ccc3cnccc3c2)s1. The van der Waals surface area contributed by atoms with Crippen molar-refractivity contribution < 1.29 is 0 Å². The highest BCUT2D eigenvalue weighted by Crippen LogP contribution is 2.28. The maximum Gasteiger partial charge on any atom is 0.205 e. The van der Waals surface area contributed by atoms with Crippen LogP contribution in [0.15, 0.2) is 36.7 Å². The molecule has 0 unspecified atom stereocenters. The van der Waals surface area contributed by atoms with E-state index >= 15 is 0 Å². The lowest BCUT2D eigenvalue weighted by Crippen LogP contribution is -1.84. The van der Waals surface area contributed by atoms with Crippen molar-refractivity contribution >= 4 is 27.2 Å². The van der Waals surface area contributed by atoms with Gasteiger partial charge in [0, 0.05) is 30.4 Å². The summed E-state index contributed by atoms with van der Waals surface area (Å²) in [5.41, 5.74) is 1.09. The first-order chi connectivity index (χ1) is 8.36. The fourth-order valence-electron chi connectivity index (χ4n) is 1.66. The molecule has 17 heavy (non-hydrogen) atoms. The molecule has 3 rings (SSSR count). The van der Waals surface area contributed by atoms with E-state index in [0.717, 1.165) is 21.1 Å². The van der Waals surface area contributed by atoms with Gasteiger partial charge in [0.15, 0.2) is 0 Å². The van der Waals surface area contributed by atoms with E-state index in [-0.39, 0.29) is 0 Å². The number of rotatable bonds is 2. The second kappa shape index (κ2) is 4.10. The minimum atomic E-state index is 0.829. The molecular formula is C12H10N4S. The van der Waals surface area contributed by atoms with Crippen LogP contribution in [0.25, 0.3) is 21.3 Å². The van der Waals surface area contributed by atoms with Crippen molar-refractivity contribution in [2.45, 2.75) is 0 Å². The van der Waals surface area contributed by atoms with Crippen molar-refractivity contribution in [2.24, 2.45) is 0 Å². The Kier molecular flexibility index (Phi) is 2.45. The zero-order chi connectivity index (χ0) is 11.7. The summed E-state index contributed by atoms with van der Waals surface area (Å²) in [5, 5.41) is 15.2. The summed E-state index contributed by atoms with van der Waals surface area (Å²) in [6.45, 7) is 0. The van der Waals surface area contributed by atoms with Crippen LogP contribution >= 0.6 is 11.3 Å². The Morgan fingerprint density at radius 3 is 2.88 bits per heavy atom. The van der Waals surface area contributed by atoms with Crippen LogP contribution < -0.4 is 5.32 Å². The predicted octanol–water partition coefficient (Wildman–Crippen LogP) is 2.80. The van der Waals surface area contributed by atoms with Gasteiger partial charge in [-0.1, -0.05) is 23.5 Å². The normalized spacial score (nSPS) is 10.6. The number of hydrogen-bond acceptors (Lipinski definition) is 5. The maximum absolute atomic E-state index is 4.15. The van der Waals surface area contributed by atoms with Gasteiger partial charge in [0.1, 0.15) is 5.01 Å². The highest BCUT2D eigenvalue weighted by molar-refractivity contribution is 7.18. The summed E-state index contributed by atoms with van der Waals surface area (Å²) < 4.78 is 0. The molecule has 0 radical (unpaired) electrons. The third-order valence-electron chi connectivity index (χ3n) is 2.53. The molecule has 84 valence electrons.